The Morgan fingerprint density at radius 1 is 0.412 bits per heavy atom. The largest absolute Gasteiger partial charge is 0.322 e. The maximum atomic E-state index is 11.1. The number of hydrogen-bond acceptors (Lipinski definition) is 6. The quantitative estimate of drug-likeness (QED) is 0.228. The van der Waals surface area contributed by atoms with E-state index in [1.54, 1.807) is 15.2 Å². The molecule has 0 spiro atoms. The molecule has 3 aliphatic heterocycles. The van der Waals surface area contributed by atoms with Gasteiger partial charge in [-0.05, 0) is 101 Å². The molecular formula is C42H81N6O3+3. The number of hydroxylamine groups is 6. The lowest BCUT2D eigenvalue weighted by Crippen LogP contribution is -2.66. The van der Waals surface area contributed by atoms with Gasteiger partial charge in [-0.1, -0.05) is 0 Å². The van der Waals surface area contributed by atoms with Crippen molar-refractivity contribution in [2.75, 3.05) is 42.3 Å². The maximum absolute atomic E-state index is 11.1. The molecule has 9 heteroatoms. The van der Waals surface area contributed by atoms with E-state index in [0.29, 0.717) is 18.1 Å². The Balaban J connectivity index is 1.71. The third-order valence-electron chi connectivity index (χ3n) is 13.7. The third-order valence-corrected chi connectivity index (χ3v) is 13.7. The van der Waals surface area contributed by atoms with Crippen LogP contribution in [0.15, 0.2) is 18.2 Å². The van der Waals surface area contributed by atoms with Crippen molar-refractivity contribution in [2.45, 2.75) is 193 Å². The zero-order valence-corrected chi connectivity index (χ0v) is 36.4. The van der Waals surface area contributed by atoms with Crippen molar-refractivity contribution in [1.82, 2.24) is 15.2 Å². The fourth-order valence-corrected chi connectivity index (χ4v) is 11.0. The summed E-state index contributed by atoms with van der Waals surface area (Å²) in [5, 5.41) is 38.1. The van der Waals surface area contributed by atoms with E-state index in [1.165, 1.54) is 16.7 Å². The van der Waals surface area contributed by atoms with Gasteiger partial charge in [0.05, 0.1) is 60.4 Å². The monoisotopic (exact) mass is 718 g/mol. The van der Waals surface area contributed by atoms with Crippen molar-refractivity contribution >= 4 is 0 Å². The molecule has 51 heavy (non-hydrogen) atoms. The van der Waals surface area contributed by atoms with Gasteiger partial charge in [0.1, 0.15) is 19.6 Å². The summed E-state index contributed by atoms with van der Waals surface area (Å²) in [6.45, 7) is 28.9. The van der Waals surface area contributed by atoms with Gasteiger partial charge in [0.15, 0.2) is 0 Å². The third kappa shape index (κ3) is 8.89. The first kappa shape index (κ1) is 42.6. The highest BCUT2D eigenvalue weighted by molar-refractivity contribution is 5.29. The molecule has 9 nitrogen and oxygen atoms in total. The van der Waals surface area contributed by atoms with Gasteiger partial charge >= 0.3 is 0 Å². The average Bonchev–Trinajstić information content (AvgIpc) is 2.91. The highest BCUT2D eigenvalue weighted by atomic mass is 16.5. The summed E-state index contributed by atoms with van der Waals surface area (Å²) in [5.74, 6) is 0. The van der Waals surface area contributed by atoms with E-state index in [9.17, 15) is 15.6 Å². The lowest BCUT2D eigenvalue weighted by molar-refractivity contribution is -0.932. The van der Waals surface area contributed by atoms with E-state index in [2.05, 4.69) is 144 Å². The molecule has 0 unspecified atom stereocenters. The molecule has 0 aromatic heterocycles. The van der Waals surface area contributed by atoms with Crippen LogP contribution < -0.4 is 0 Å². The molecule has 0 saturated carbocycles. The molecule has 4 rings (SSSR count). The minimum atomic E-state index is -0.296. The molecule has 3 N–H and O–H groups in total. The Morgan fingerprint density at radius 2 is 0.569 bits per heavy atom. The second-order valence-corrected chi connectivity index (χ2v) is 23.0. The first-order valence-electron chi connectivity index (χ1n) is 19.7. The van der Waals surface area contributed by atoms with Crippen molar-refractivity contribution in [3.63, 3.8) is 0 Å². The van der Waals surface area contributed by atoms with E-state index in [1.807, 2.05) is 0 Å². The minimum Gasteiger partial charge on any atom is -0.322 e. The summed E-state index contributed by atoms with van der Waals surface area (Å²) in [7, 11) is 14.3. The van der Waals surface area contributed by atoms with Crippen LogP contribution >= 0.6 is 0 Å². The van der Waals surface area contributed by atoms with Crippen LogP contribution in [0.4, 0.5) is 0 Å². The van der Waals surface area contributed by atoms with Gasteiger partial charge in [0.2, 0.25) is 0 Å². The van der Waals surface area contributed by atoms with Crippen LogP contribution in [0.1, 0.15) is 138 Å². The molecule has 0 radical (unpaired) electrons. The molecular weight excluding hydrogens is 637 g/mol. The van der Waals surface area contributed by atoms with Crippen LogP contribution in [0.2, 0.25) is 0 Å². The van der Waals surface area contributed by atoms with Crippen molar-refractivity contribution in [3.8, 4) is 0 Å². The molecule has 3 fully saturated rings. The van der Waals surface area contributed by atoms with E-state index in [4.69, 9.17) is 0 Å². The zero-order chi connectivity index (χ0) is 39.2. The van der Waals surface area contributed by atoms with Gasteiger partial charge in [0, 0.05) is 88.4 Å². The molecule has 0 bridgehead atoms. The van der Waals surface area contributed by atoms with Crippen LogP contribution in [0.5, 0.6) is 0 Å². The zero-order valence-electron chi connectivity index (χ0n) is 36.4. The smallest absolute Gasteiger partial charge is 0.104 e. The Bertz CT molecular complexity index is 1180. The minimum absolute atomic E-state index is 0.296. The van der Waals surface area contributed by atoms with Gasteiger partial charge < -0.3 is 29.1 Å². The van der Waals surface area contributed by atoms with Crippen molar-refractivity contribution in [1.29, 1.82) is 0 Å². The first-order chi connectivity index (χ1) is 22.6. The predicted octanol–water partition coefficient (Wildman–Crippen LogP) is 7.65. The van der Waals surface area contributed by atoms with E-state index in [-0.39, 0.29) is 33.2 Å². The standard InChI is InChI=1S/C42H81N6O3/c1-37(2)22-34(23-38(3,4)43(37)49)46(13,14)28-31-19-32(29-47(15,16)35-24-39(5,6)44(50)40(7,8)25-35)21-33(20-31)30-48(17,18)36-26-41(9,10)45(51)42(11,12)27-36/h19-21,34-36,49-51H,22-30H2,1-18H3/q+3. The van der Waals surface area contributed by atoms with Gasteiger partial charge in [-0.15, -0.1) is 0 Å². The second kappa shape index (κ2) is 13.3. The summed E-state index contributed by atoms with van der Waals surface area (Å²) in [6.07, 6.45) is 5.61. The van der Waals surface area contributed by atoms with Crippen LogP contribution in [0.3, 0.4) is 0 Å². The van der Waals surface area contributed by atoms with Crippen molar-refractivity contribution < 1.29 is 29.1 Å². The SMILES string of the molecule is CC1(C)CC([N+](C)(C)Cc2cc(C[N+](C)(C)C3CC(C)(C)N(O)C(C)(C)C3)cc(C[N+](C)(C)C3CC(C)(C)N(O)C(C)(C)C3)c2)CC(C)(C)N1O. The van der Waals surface area contributed by atoms with Crippen LogP contribution in [-0.2, 0) is 19.6 Å². The predicted molar refractivity (Wildman–Crippen MR) is 208 cm³/mol. The molecule has 3 saturated heterocycles. The molecule has 294 valence electrons. The van der Waals surface area contributed by atoms with Crippen LogP contribution in [0.25, 0.3) is 0 Å². The molecule has 0 atom stereocenters. The van der Waals surface area contributed by atoms with Crippen molar-refractivity contribution in [2.24, 2.45) is 0 Å². The lowest BCUT2D eigenvalue weighted by Gasteiger charge is -2.55. The fourth-order valence-electron chi connectivity index (χ4n) is 11.0. The van der Waals surface area contributed by atoms with Gasteiger partial charge in [-0.3, -0.25) is 0 Å². The molecule has 3 heterocycles. The first-order valence-corrected chi connectivity index (χ1v) is 19.7. The summed E-state index contributed by atoms with van der Waals surface area (Å²) in [5.41, 5.74) is 2.36. The maximum Gasteiger partial charge on any atom is 0.104 e. The Labute approximate surface area is 313 Å². The van der Waals surface area contributed by atoms with Crippen LogP contribution in [0, 0.1) is 0 Å². The highest BCUT2D eigenvalue weighted by Crippen LogP contribution is 2.44. The number of nitrogens with zero attached hydrogens (tertiary/aromatic N) is 6. The molecule has 1 aromatic carbocycles. The number of quaternary nitrogens is 3. The summed E-state index contributed by atoms with van der Waals surface area (Å²) >= 11 is 0. The average molecular weight is 718 g/mol. The topological polar surface area (TPSA) is 70.4 Å². The number of benzene rings is 1. The Kier molecular flexibility index (Phi) is 11.1. The summed E-state index contributed by atoms with van der Waals surface area (Å²) in [4.78, 5) is 0. The van der Waals surface area contributed by atoms with E-state index >= 15 is 0 Å². The molecule has 1 aromatic rings. The molecule has 0 aliphatic carbocycles. The van der Waals surface area contributed by atoms with Crippen LogP contribution in [-0.4, -0.2) is 138 Å². The highest BCUT2D eigenvalue weighted by Gasteiger charge is 2.52. The van der Waals surface area contributed by atoms with E-state index in [0.717, 1.165) is 71.6 Å². The molecule has 3 aliphatic rings. The number of piperidine rings is 3. The summed E-state index contributed by atoms with van der Waals surface area (Å²) < 4.78 is 2.61. The molecule has 0 amide bonds. The van der Waals surface area contributed by atoms with Gasteiger partial charge in [-0.25, -0.2) is 0 Å². The van der Waals surface area contributed by atoms with E-state index < -0.39 is 0 Å². The van der Waals surface area contributed by atoms with Gasteiger partial charge in [-0.2, -0.15) is 15.2 Å². The fraction of sp³-hybridized carbons (Fsp3) is 0.857. The Hall–Kier alpha value is -1.14. The normalized spacial score (nSPS) is 26.8. The van der Waals surface area contributed by atoms with Gasteiger partial charge in [0.25, 0.3) is 0 Å². The lowest BCUT2D eigenvalue weighted by atomic mass is 9.77. The second-order valence-electron chi connectivity index (χ2n) is 23.0. The number of hydrogen-bond donors (Lipinski definition) is 3. The van der Waals surface area contributed by atoms with Crippen molar-refractivity contribution in [3.05, 3.63) is 34.9 Å². The summed E-state index contributed by atoms with van der Waals surface area (Å²) in [6, 6.07) is 8.67. The number of rotatable bonds is 9. The Morgan fingerprint density at radius 3 is 0.725 bits per heavy atom.